The van der Waals surface area contributed by atoms with Crippen LogP contribution in [0.1, 0.15) is 38.3 Å². The molecule has 2 amide bonds. The van der Waals surface area contributed by atoms with E-state index in [1.807, 2.05) is 0 Å². The number of carbonyl (C=O) groups excluding carboxylic acids is 2. The van der Waals surface area contributed by atoms with Gasteiger partial charge in [0.1, 0.15) is 11.4 Å². The van der Waals surface area contributed by atoms with Crippen LogP contribution in [0.15, 0.2) is 41.3 Å². The Balaban J connectivity index is 1.69. The smallest absolute Gasteiger partial charge is 0.416 e. The highest BCUT2D eigenvalue weighted by atomic mass is 32.2. The Labute approximate surface area is 233 Å². The molecule has 1 aliphatic heterocycles. The summed E-state index contributed by atoms with van der Waals surface area (Å²) in [6, 6.07) is 2.95. The van der Waals surface area contributed by atoms with Crippen LogP contribution in [0.4, 0.5) is 31.1 Å². The number of carbonyl (C=O) groups is 2. The summed E-state index contributed by atoms with van der Waals surface area (Å²) in [4.78, 5) is 26.4. The molecule has 1 aliphatic rings. The number of amides is 2. The molecule has 0 aliphatic carbocycles. The van der Waals surface area contributed by atoms with Crippen molar-refractivity contribution in [1.29, 1.82) is 0 Å². The van der Waals surface area contributed by atoms with Crippen LogP contribution in [0, 0.1) is 17.5 Å². The number of piperazine rings is 1. The van der Waals surface area contributed by atoms with Crippen molar-refractivity contribution in [3.63, 3.8) is 0 Å². The van der Waals surface area contributed by atoms with Crippen molar-refractivity contribution in [3.05, 3.63) is 65.0 Å². The molecule has 0 radical (unpaired) electrons. The Bertz CT molecular complexity index is 1370. The molecule has 1 saturated heterocycles. The number of nitrogens with zero attached hydrogens (tertiary/aromatic N) is 2. The van der Waals surface area contributed by atoms with Crippen molar-refractivity contribution in [2.75, 3.05) is 26.2 Å². The van der Waals surface area contributed by atoms with Gasteiger partial charge in [0.2, 0.25) is 15.9 Å². The number of alkyl halides is 3. The van der Waals surface area contributed by atoms with E-state index >= 15 is 0 Å². The fourth-order valence-corrected chi connectivity index (χ4v) is 5.54. The number of hydrogen-bond acceptors (Lipinski definition) is 5. The zero-order valence-electron chi connectivity index (χ0n) is 22.4. The number of alkyl carbamates (subject to hydrolysis) is 1. The van der Waals surface area contributed by atoms with Crippen LogP contribution in [0.3, 0.4) is 0 Å². The minimum absolute atomic E-state index is 0.0720. The van der Waals surface area contributed by atoms with Crippen molar-refractivity contribution < 1.29 is 49.1 Å². The van der Waals surface area contributed by atoms with Gasteiger partial charge in [0.25, 0.3) is 0 Å². The Morgan fingerprint density at radius 2 is 1.49 bits per heavy atom. The zero-order chi connectivity index (χ0) is 30.8. The summed E-state index contributed by atoms with van der Waals surface area (Å²) in [5, 5.41) is 2.45. The maximum atomic E-state index is 14.3. The molecule has 1 atom stereocenters. The molecular formula is C26H29F6N3O5S. The largest absolute Gasteiger partial charge is 0.444 e. The minimum Gasteiger partial charge on any atom is -0.444 e. The van der Waals surface area contributed by atoms with Crippen molar-refractivity contribution in [2.45, 2.75) is 56.3 Å². The van der Waals surface area contributed by atoms with Crippen LogP contribution < -0.4 is 5.32 Å². The Hall–Kier alpha value is -3.33. The first-order valence-corrected chi connectivity index (χ1v) is 13.9. The Morgan fingerprint density at radius 1 is 0.927 bits per heavy atom. The van der Waals surface area contributed by atoms with E-state index in [1.54, 1.807) is 20.8 Å². The number of sulfonamides is 1. The lowest BCUT2D eigenvalue weighted by molar-refractivity contribution is -0.137. The van der Waals surface area contributed by atoms with Gasteiger partial charge in [-0.25, -0.2) is 26.4 Å². The van der Waals surface area contributed by atoms with E-state index in [9.17, 15) is 44.3 Å². The predicted molar refractivity (Wildman–Crippen MR) is 135 cm³/mol. The lowest BCUT2D eigenvalue weighted by Crippen LogP contribution is -2.52. The van der Waals surface area contributed by atoms with Crippen molar-refractivity contribution >= 4 is 22.0 Å². The average molecular weight is 610 g/mol. The molecule has 8 nitrogen and oxygen atoms in total. The summed E-state index contributed by atoms with van der Waals surface area (Å²) in [7, 11) is -4.14. The van der Waals surface area contributed by atoms with Crippen molar-refractivity contribution in [2.24, 2.45) is 0 Å². The number of benzene rings is 2. The molecule has 15 heteroatoms. The highest BCUT2D eigenvalue weighted by Crippen LogP contribution is 2.30. The van der Waals surface area contributed by atoms with E-state index in [1.165, 1.54) is 4.90 Å². The van der Waals surface area contributed by atoms with Gasteiger partial charge in [-0.2, -0.15) is 17.5 Å². The molecule has 0 aromatic heterocycles. The van der Waals surface area contributed by atoms with Crippen molar-refractivity contribution in [1.82, 2.24) is 14.5 Å². The highest BCUT2D eigenvalue weighted by Gasteiger charge is 2.34. The lowest BCUT2D eigenvalue weighted by Gasteiger charge is -2.35. The number of ether oxygens (including phenoxy) is 1. The monoisotopic (exact) mass is 609 g/mol. The van der Waals surface area contributed by atoms with E-state index in [4.69, 9.17) is 4.74 Å². The first kappa shape index (κ1) is 32.2. The molecule has 3 rings (SSSR count). The van der Waals surface area contributed by atoms with Gasteiger partial charge in [0, 0.05) is 44.7 Å². The average Bonchev–Trinajstić information content (AvgIpc) is 2.85. The number of hydrogen-bond donors (Lipinski definition) is 1. The summed E-state index contributed by atoms with van der Waals surface area (Å²) in [5.41, 5.74) is -2.18. The van der Waals surface area contributed by atoms with Crippen LogP contribution in [0.25, 0.3) is 0 Å². The van der Waals surface area contributed by atoms with Gasteiger partial charge in [-0.05, 0) is 63.1 Å². The quantitative estimate of drug-likeness (QED) is 0.369. The molecule has 41 heavy (non-hydrogen) atoms. The van der Waals surface area contributed by atoms with Crippen LogP contribution in [0.2, 0.25) is 0 Å². The second-order valence-corrected chi connectivity index (χ2v) is 12.4. The number of halogens is 6. The molecule has 0 unspecified atom stereocenters. The van der Waals surface area contributed by atoms with Crippen molar-refractivity contribution in [3.8, 4) is 0 Å². The van der Waals surface area contributed by atoms with Crippen LogP contribution in [-0.4, -0.2) is 67.4 Å². The maximum absolute atomic E-state index is 14.3. The maximum Gasteiger partial charge on any atom is 0.416 e. The van der Waals surface area contributed by atoms with Crippen LogP contribution >= 0.6 is 0 Å². The van der Waals surface area contributed by atoms with E-state index in [0.717, 1.165) is 16.4 Å². The third-order valence-electron chi connectivity index (χ3n) is 6.11. The molecule has 1 fully saturated rings. The van der Waals surface area contributed by atoms with Crippen LogP contribution in [0.5, 0.6) is 0 Å². The summed E-state index contributed by atoms with van der Waals surface area (Å²) >= 11 is 0. The topological polar surface area (TPSA) is 96.0 Å². The summed E-state index contributed by atoms with van der Waals surface area (Å²) in [6.45, 7) is 4.34. The molecule has 0 spiro atoms. The second kappa shape index (κ2) is 12.3. The zero-order valence-corrected chi connectivity index (χ0v) is 23.2. The van der Waals surface area contributed by atoms with Gasteiger partial charge in [-0.3, -0.25) is 4.79 Å². The van der Waals surface area contributed by atoms with E-state index in [-0.39, 0.29) is 43.1 Å². The van der Waals surface area contributed by atoms with E-state index in [0.29, 0.717) is 24.3 Å². The van der Waals surface area contributed by atoms with Gasteiger partial charge >= 0.3 is 12.3 Å². The molecule has 1 heterocycles. The lowest BCUT2D eigenvalue weighted by atomic mass is 10.0. The summed E-state index contributed by atoms with van der Waals surface area (Å²) < 4.78 is 112. The molecule has 1 N–H and O–H groups in total. The second-order valence-electron chi connectivity index (χ2n) is 10.4. The molecule has 226 valence electrons. The van der Waals surface area contributed by atoms with Gasteiger partial charge < -0.3 is 15.0 Å². The fourth-order valence-electron chi connectivity index (χ4n) is 4.12. The van der Waals surface area contributed by atoms with E-state index in [2.05, 4.69) is 5.32 Å². The standard InChI is InChI=1S/C26H29F6N3O5S/c1-25(2,3)40-24(37)33-18(12-16-13-21(28)22(29)15-20(16)27)14-23(36)34-8-10-35(11-9-34)41(38,39)19-6-4-17(5-7-19)26(30,31)32/h4-7,13,15,18H,8-12,14H2,1-3H3,(H,33,37)/t18-/m1/s1. The van der Waals surface area contributed by atoms with Gasteiger partial charge in [0.15, 0.2) is 11.6 Å². The summed E-state index contributed by atoms with van der Waals surface area (Å²) in [5.74, 6) is -4.33. The fraction of sp³-hybridized carbons (Fsp3) is 0.462. The molecule has 2 aromatic rings. The van der Waals surface area contributed by atoms with Gasteiger partial charge in [-0.15, -0.1) is 0 Å². The highest BCUT2D eigenvalue weighted by molar-refractivity contribution is 7.89. The predicted octanol–water partition coefficient (Wildman–Crippen LogP) is 4.48. The third-order valence-corrected chi connectivity index (χ3v) is 8.02. The molecule has 0 saturated carbocycles. The SMILES string of the molecule is CC(C)(C)OC(=O)N[C@@H](CC(=O)N1CCN(S(=O)(=O)c2ccc(C(F)(F)F)cc2)CC1)Cc1cc(F)c(F)cc1F. The van der Waals surface area contributed by atoms with Gasteiger partial charge in [-0.1, -0.05) is 0 Å². The Morgan fingerprint density at radius 3 is 2.02 bits per heavy atom. The Kier molecular flexibility index (Phi) is 9.63. The molecule has 2 aromatic carbocycles. The molecule has 0 bridgehead atoms. The van der Waals surface area contributed by atoms with Crippen LogP contribution in [-0.2, 0) is 32.2 Å². The summed E-state index contributed by atoms with van der Waals surface area (Å²) in [6.07, 6.45) is -6.33. The normalized spacial score (nSPS) is 15.9. The molecular weight excluding hydrogens is 580 g/mol. The first-order valence-electron chi connectivity index (χ1n) is 12.4. The number of rotatable bonds is 7. The number of nitrogens with one attached hydrogen (secondary N) is 1. The first-order chi connectivity index (χ1) is 18.9. The van der Waals surface area contributed by atoms with Gasteiger partial charge in [0.05, 0.1) is 10.5 Å². The third kappa shape index (κ3) is 8.58. The minimum atomic E-state index is -4.62. The van der Waals surface area contributed by atoms with E-state index < -0.39 is 69.3 Å².